The minimum Gasteiger partial charge on any atom is -0.461 e. The zero-order valence-electron chi connectivity index (χ0n) is 10.7. The number of rotatable bonds is 0. The second-order valence-corrected chi connectivity index (χ2v) is 5.88. The summed E-state index contributed by atoms with van der Waals surface area (Å²) in [5.74, 6) is 0.997. The first-order valence-corrected chi connectivity index (χ1v) is 6.64. The summed E-state index contributed by atoms with van der Waals surface area (Å²) in [7, 11) is 0. The van der Waals surface area contributed by atoms with Crippen LogP contribution < -0.4 is 0 Å². The first-order valence-electron chi connectivity index (χ1n) is 6.64. The lowest BCUT2D eigenvalue weighted by molar-refractivity contribution is -0.143. The van der Waals surface area contributed by atoms with Gasteiger partial charge in [0.1, 0.15) is 6.10 Å². The minimum absolute atomic E-state index is 0.000130. The molecule has 0 aromatic heterocycles. The van der Waals surface area contributed by atoms with Gasteiger partial charge in [-0.2, -0.15) is 0 Å². The molecule has 4 atom stereocenters. The van der Waals surface area contributed by atoms with E-state index in [2.05, 4.69) is 13.5 Å². The van der Waals surface area contributed by atoms with Crippen LogP contribution >= 0.6 is 0 Å². The van der Waals surface area contributed by atoms with Gasteiger partial charge in [0.15, 0.2) is 0 Å². The lowest BCUT2D eigenvalue weighted by Crippen LogP contribution is -2.20. The second-order valence-electron chi connectivity index (χ2n) is 5.88. The number of hydrogen-bond acceptors (Lipinski definition) is 2. The van der Waals surface area contributed by atoms with Crippen LogP contribution in [0.1, 0.15) is 39.5 Å². The molecular formula is C15H20O2. The Bertz CT molecular complexity index is 419. The van der Waals surface area contributed by atoms with E-state index in [9.17, 15) is 4.79 Å². The molecule has 92 valence electrons. The SMILES string of the molecule is C=C1CCC2=C(C)C[C@H]3OC(=O)[C@H](C)[C@H]3C[C@@H]12. The Balaban J connectivity index is 1.95. The van der Waals surface area contributed by atoms with E-state index >= 15 is 0 Å². The van der Waals surface area contributed by atoms with Crippen molar-refractivity contribution in [3.63, 3.8) is 0 Å². The van der Waals surface area contributed by atoms with E-state index in [1.807, 2.05) is 6.92 Å². The first kappa shape index (κ1) is 11.1. The molecule has 1 saturated heterocycles. The number of hydrogen-bond donors (Lipinski definition) is 0. The smallest absolute Gasteiger partial charge is 0.309 e. The fraction of sp³-hybridized carbons (Fsp3) is 0.667. The van der Waals surface area contributed by atoms with E-state index in [1.54, 1.807) is 5.57 Å². The molecule has 0 spiro atoms. The Morgan fingerprint density at radius 2 is 2.12 bits per heavy atom. The molecule has 0 radical (unpaired) electrons. The van der Waals surface area contributed by atoms with Crippen LogP contribution in [0.5, 0.6) is 0 Å². The number of allylic oxidation sites excluding steroid dienone is 2. The summed E-state index contributed by atoms with van der Waals surface area (Å²) >= 11 is 0. The Morgan fingerprint density at radius 1 is 1.35 bits per heavy atom. The normalized spacial score (nSPS) is 41.1. The molecule has 0 aromatic rings. The molecule has 17 heavy (non-hydrogen) atoms. The van der Waals surface area contributed by atoms with Gasteiger partial charge >= 0.3 is 5.97 Å². The Labute approximate surface area is 103 Å². The van der Waals surface area contributed by atoms with Crippen LogP contribution in [0.15, 0.2) is 23.3 Å². The van der Waals surface area contributed by atoms with Gasteiger partial charge < -0.3 is 4.74 Å². The molecule has 0 unspecified atom stereocenters. The van der Waals surface area contributed by atoms with Crippen LogP contribution in [-0.4, -0.2) is 12.1 Å². The lowest BCUT2D eigenvalue weighted by atomic mass is 9.82. The molecule has 2 heteroatoms. The second kappa shape index (κ2) is 3.72. The molecule has 3 rings (SSSR count). The van der Waals surface area contributed by atoms with Crippen molar-refractivity contribution in [3.05, 3.63) is 23.3 Å². The first-order chi connectivity index (χ1) is 8.08. The molecule has 0 bridgehead atoms. The van der Waals surface area contributed by atoms with E-state index in [0.29, 0.717) is 11.8 Å². The van der Waals surface area contributed by atoms with E-state index in [4.69, 9.17) is 4.74 Å². The van der Waals surface area contributed by atoms with Gasteiger partial charge in [-0.3, -0.25) is 4.79 Å². The van der Waals surface area contributed by atoms with E-state index < -0.39 is 0 Å². The molecule has 1 heterocycles. The van der Waals surface area contributed by atoms with Crippen molar-refractivity contribution < 1.29 is 9.53 Å². The summed E-state index contributed by atoms with van der Waals surface area (Å²) in [6.07, 6.45) is 4.46. The summed E-state index contributed by atoms with van der Waals surface area (Å²) in [6, 6.07) is 0. The van der Waals surface area contributed by atoms with Gasteiger partial charge in [-0.15, -0.1) is 0 Å². The average Bonchev–Trinajstić information content (AvgIpc) is 2.71. The molecule has 1 saturated carbocycles. The highest BCUT2D eigenvalue weighted by molar-refractivity contribution is 5.75. The maximum atomic E-state index is 11.7. The van der Waals surface area contributed by atoms with Gasteiger partial charge in [0.25, 0.3) is 0 Å². The van der Waals surface area contributed by atoms with Crippen LogP contribution in [0, 0.1) is 17.8 Å². The van der Waals surface area contributed by atoms with Crippen molar-refractivity contribution in [2.45, 2.75) is 45.6 Å². The van der Waals surface area contributed by atoms with Crippen LogP contribution in [0.25, 0.3) is 0 Å². The predicted molar refractivity (Wildman–Crippen MR) is 66.3 cm³/mol. The van der Waals surface area contributed by atoms with Gasteiger partial charge in [-0.05, 0) is 26.2 Å². The number of esters is 1. The fourth-order valence-corrected chi connectivity index (χ4v) is 3.80. The Hall–Kier alpha value is -1.05. The zero-order valence-corrected chi connectivity index (χ0v) is 10.7. The maximum absolute atomic E-state index is 11.7. The highest BCUT2D eigenvalue weighted by atomic mass is 16.6. The van der Waals surface area contributed by atoms with Crippen LogP contribution in [-0.2, 0) is 9.53 Å². The maximum Gasteiger partial charge on any atom is 0.309 e. The predicted octanol–water partition coefficient (Wildman–Crippen LogP) is 3.24. The van der Waals surface area contributed by atoms with Gasteiger partial charge in [0.05, 0.1) is 5.92 Å². The molecule has 0 amide bonds. The lowest BCUT2D eigenvalue weighted by Gasteiger charge is -2.20. The number of carbonyl (C=O) groups is 1. The third kappa shape index (κ3) is 1.57. The molecule has 2 aliphatic carbocycles. The van der Waals surface area contributed by atoms with Crippen molar-refractivity contribution in [1.82, 2.24) is 0 Å². The molecular weight excluding hydrogens is 212 g/mol. The van der Waals surface area contributed by atoms with Crippen LogP contribution in [0.4, 0.5) is 0 Å². The molecule has 3 aliphatic rings. The van der Waals surface area contributed by atoms with Crippen molar-refractivity contribution in [3.8, 4) is 0 Å². The topological polar surface area (TPSA) is 26.3 Å². The molecule has 0 aromatic carbocycles. The molecule has 1 aliphatic heterocycles. The van der Waals surface area contributed by atoms with E-state index in [0.717, 1.165) is 19.3 Å². The van der Waals surface area contributed by atoms with Gasteiger partial charge in [-0.1, -0.05) is 30.2 Å². The Morgan fingerprint density at radius 3 is 2.88 bits per heavy atom. The summed E-state index contributed by atoms with van der Waals surface area (Å²) in [4.78, 5) is 11.7. The number of fused-ring (bicyclic) bond motifs is 2. The van der Waals surface area contributed by atoms with Gasteiger partial charge in [0.2, 0.25) is 0 Å². The summed E-state index contributed by atoms with van der Waals surface area (Å²) in [5.41, 5.74) is 4.40. The van der Waals surface area contributed by atoms with Crippen LogP contribution in [0.3, 0.4) is 0 Å². The van der Waals surface area contributed by atoms with Crippen molar-refractivity contribution in [1.29, 1.82) is 0 Å². The third-order valence-corrected chi connectivity index (χ3v) is 4.95. The highest BCUT2D eigenvalue weighted by Crippen LogP contribution is 2.48. The summed E-state index contributed by atoms with van der Waals surface area (Å²) in [6.45, 7) is 8.44. The van der Waals surface area contributed by atoms with E-state index in [1.165, 1.54) is 17.6 Å². The van der Waals surface area contributed by atoms with Gasteiger partial charge in [0, 0.05) is 18.3 Å². The fourth-order valence-electron chi connectivity index (χ4n) is 3.80. The van der Waals surface area contributed by atoms with Crippen molar-refractivity contribution >= 4 is 5.97 Å². The zero-order chi connectivity index (χ0) is 12.2. The standard InChI is InChI=1S/C15H20O2/c1-8-4-5-11-9(2)6-14-13(7-12(8)11)10(3)15(16)17-14/h10,12-14H,1,4-7H2,2-3H3/t10-,12+,13-,14-/m1/s1. The quantitative estimate of drug-likeness (QED) is 0.473. The highest BCUT2D eigenvalue weighted by Gasteiger charge is 2.46. The number of ether oxygens (including phenoxy) is 1. The summed E-state index contributed by atoms with van der Waals surface area (Å²) in [5, 5.41) is 0. The number of carbonyl (C=O) groups excluding carboxylic acids is 1. The molecule has 0 N–H and O–H groups in total. The summed E-state index contributed by atoms with van der Waals surface area (Å²) < 4.78 is 5.53. The average molecular weight is 232 g/mol. The minimum atomic E-state index is -0.000130. The third-order valence-electron chi connectivity index (χ3n) is 4.95. The van der Waals surface area contributed by atoms with Gasteiger partial charge in [-0.25, -0.2) is 0 Å². The monoisotopic (exact) mass is 232 g/mol. The largest absolute Gasteiger partial charge is 0.461 e. The van der Waals surface area contributed by atoms with Crippen LogP contribution in [0.2, 0.25) is 0 Å². The van der Waals surface area contributed by atoms with Crippen molar-refractivity contribution in [2.24, 2.45) is 17.8 Å². The molecule has 2 fully saturated rings. The van der Waals surface area contributed by atoms with Crippen molar-refractivity contribution in [2.75, 3.05) is 0 Å². The molecule has 2 nitrogen and oxygen atoms in total. The Kier molecular flexibility index (Phi) is 2.42. The van der Waals surface area contributed by atoms with E-state index in [-0.39, 0.29) is 18.0 Å².